The topological polar surface area (TPSA) is 124 Å². The van der Waals surface area contributed by atoms with Crippen LogP contribution in [0, 0.1) is 5.41 Å². The summed E-state index contributed by atoms with van der Waals surface area (Å²) >= 11 is 1.59. The Labute approximate surface area is 223 Å². The molecule has 0 aliphatic carbocycles. The molecule has 1 aromatic carbocycles. The molecule has 0 radical (unpaired) electrons. The third kappa shape index (κ3) is 7.62. The van der Waals surface area contributed by atoms with E-state index in [4.69, 9.17) is 25.2 Å². The molecule has 3 unspecified atom stereocenters. The molecule has 10 heteroatoms. The van der Waals surface area contributed by atoms with Gasteiger partial charge in [0, 0.05) is 30.5 Å². The van der Waals surface area contributed by atoms with E-state index in [0.29, 0.717) is 12.6 Å². The summed E-state index contributed by atoms with van der Waals surface area (Å²) < 4.78 is 10.6. The molecule has 0 aliphatic heterocycles. The van der Waals surface area contributed by atoms with E-state index in [0.717, 1.165) is 39.1 Å². The maximum atomic E-state index is 11.4. The molecule has 4 N–H and O–H groups in total. The molecule has 3 aromatic rings. The van der Waals surface area contributed by atoms with Crippen molar-refractivity contribution in [3.8, 4) is 10.6 Å². The zero-order valence-corrected chi connectivity index (χ0v) is 23.5. The first-order valence-corrected chi connectivity index (χ1v) is 13.3. The molecule has 2 heterocycles. The molecule has 2 aromatic heterocycles. The first kappa shape index (κ1) is 28.3. The lowest BCUT2D eigenvalue weighted by Gasteiger charge is -2.30. The van der Waals surface area contributed by atoms with Crippen LogP contribution in [-0.2, 0) is 9.47 Å². The minimum absolute atomic E-state index is 0.144. The second kappa shape index (κ2) is 12.3. The predicted octanol–water partition coefficient (Wildman–Crippen LogP) is 6.49. The van der Waals surface area contributed by atoms with E-state index in [-0.39, 0.29) is 17.4 Å². The maximum absolute atomic E-state index is 11.4. The molecule has 0 spiro atoms. The smallest absolute Gasteiger partial charge is 0.405 e. The highest BCUT2D eigenvalue weighted by molar-refractivity contribution is 7.19. The summed E-state index contributed by atoms with van der Waals surface area (Å²) in [4.78, 5) is 26.5. The van der Waals surface area contributed by atoms with Crippen LogP contribution in [0.1, 0.15) is 71.2 Å². The molecular weight excluding hydrogens is 488 g/mol. The van der Waals surface area contributed by atoms with Crippen molar-refractivity contribution in [2.75, 3.05) is 24.4 Å². The lowest BCUT2D eigenvalue weighted by Crippen LogP contribution is -2.26. The number of anilines is 3. The summed E-state index contributed by atoms with van der Waals surface area (Å²) in [5, 5.41) is 7.56. The van der Waals surface area contributed by atoms with Gasteiger partial charge in [-0.1, -0.05) is 58.1 Å². The number of rotatable bonds is 11. The van der Waals surface area contributed by atoms with Gasteiger partial charge < -0.3 is 25.8 Å². The monoisotopic (exact) mass is 526 g/mol. The number of carbonyl (C=O) groups is 1. The molecule has 0 aliphatic rings. The number of primary amides is 1. The fraction of sp³-hybridized carbons (Fsp3) is 0.481. The number of amides is 1. The van der Waals surface area contributed by atoms with E-state index in [9.17, 15) is 4.79 Å². The van der Waals surface area contributed by atoms with Gasteiger partial charge in [0.05, 0.1) is 22.9 Å². The average molecular weight is 527 g/mol. The summed E-state index contributed by atoms with van der Waals surface area (Å²) in [5.41, 5.74) is 8.50. The number of nitrogens with zero attached hydrogens (tertiary/aromatic N) is 3. The molecule has 37 heavy (non-hydrogen) atoms. The number of hydrogen-bond donors (Lipinski definition) is 3. The van der Waals surface area contributed by atoms with Crippen molar-refractivity contribution in [1.82, 2.24) is 15.0 Å². The fourth-order valence-corrected chi connectivity index (χ4v) is 5.05. The van der Waals surface area contributed by atoms with Crippen molar-refractivity contribution >= 4 is 34.2 Å². The normalized spacial score (nSPS) is 14.0. The molecule has 9 nitrogen and oxygen atoms in total. The van der Waals surface area contributed by atoms with E-state index >= 15 is 0 Å². The number of nitrogens with two attached hydrogens (primary N) is 1. The number of benzene rings is 1. The highest BCUT2D eigenvalue weighted by Gasteiger charge is 2.29. The summed E-state index contributed by atoms with van der Waals surface area (Å²) in [5.74, 6) is 0.772. The molecule has 3 rings (SSSR count). The second-order valence-corrected chi connectivity index (χ2v) is 11.2. The highest BCUT2D eigenvalue weighted by Crippen LogP contribution is 2.38. The number of carbonyl (C=O) groups excluding carboxylic acids is 1. The van der Waals surface area contributed by atoms with Crippen LogP contribution < -0.4 is 16.4 Å². The van der Waals surface area contributed by atoms with Crippen LogP contribution in [0.3, 0.4) is 0 Å². The van der Waals surface area contributed by atoms with Gasteiger partial charge in [0.25, 0.3) is 0 Å². The first-order chi connectivity index (χ1) is 17.5. The van der Waals surface area contributed by atoms with Crippen LogP contribution in [0.15, 0.2) is 36.5 Å². The third-order valence-electron chi connectivity index (χ3n) is 5.90. The van der Waals surface area contributed by atoms with Crippen LogP contribution in [0.2, 0.25) is 0 Å². The standard InChI is InChI=1S/C27H38N6O3S/c1-8-16(2)21-22(37-26(33-21)30-17(3)15-35-7)20-13-14-29-25(32-20)31-19-11-9-18(10-12-19)23(27(4,5)6)36-24(28)34/h9-14,16-17,23H,8,15H2,1-7H3,(H2,28,34)(H,30,33)(H,29,31,32). The Kier molecular flexibility index (Phi) is 9.45. The highest BCUT2D eigenvalue weighted by atomic mass is 32.1. The Bertz CT molecular complexity index is 1180. The van der Waals surface area contributed by atoms with Crippen LogP contribution in [-0.4, -0.2) is 40.8 Å². The van der Waals surface area contributed by atoms with Crippen molar-refractivity contribution in [3.63, 3.8) is 0 Å². The van der Waals surface area contributed by atoms with Crippen LogP contribution in [0.5, 0.6) is 0 Å². The average Bonchev–Trinajstić information content (AvgIpc) is 3.26. The minimum atomic E-state index is -0.793. The van der Waals surface area contributed by atoms with Gasteiger partial charge in [-0.05, 0) is 43.0 Å². The molecule has 0 saturated heterocycles. The Hall–Kier alpha value is -3.24. The lowest BCUT2D eigenvalue weighted by molar-refractivity contribution is 0.0360. The summed E-state index contributed by atoms with van der Waals surface area (Å²) in [6.07, 6.45) is 1.47. The zero-order valence-electron chi connectivity index (χ0n) is 22.7. The maximum Gasteiger partial charge on any atom is 0.405 e. The Morgan fingerprint density at radius 1 is 1.14 bits per heavy atom. The van der Waals surface area contributed by atoms with Gasteiger partial charge in [-0.3, -0.25) is 0 Å². The predicted molar refractivity (Wildman–Crippen MR) is 149 cm³/mol. The SMILES string of the molecule is CCC(C)c1nc(NC(C)COC)sc1-c1ccnc(Nc2ccc(C(OC(N)=O)C(C)(C)C)cc2)n1. The molecule has 0 saturated carbocycles. The van der Waals surface area contributed by atoms with Gasteiger partial charge in [-0.15, -0.1) is 0 Å². The third-order valence-corrected chi connectivity index (χ3v) is 6.92. The van der Waals surface area contributed by atoms with Crippen molar-refractivity contribution in [2.24, 2.45) is 11.1 Å². The van der Waals surface area contributed by atoms with Crippen molar-refractivity contribution in [2.45, 2.75) is 66.0 Å². The summed E-state index contributed by atoms with van der Waals surface area (Å²) in [7, 11) is 1.69. The van der Waals surface area contributed by atoms with Gasteiger partial charge in [-0.2, -0.15) is 0 Å². The van der Waals surface area contributed by atoms with Crippen molar-refractivity contribution in [3.05, 3.63) is 47.8 Å². The Morgan fingerprint density at radius 2 is 1.84 bits per heavy atom. The van der Waals surface area contributed by atoms with E-state index < -0.39 is 12.2 Å². The largest absolute Gasteiger partial charge is 0.441 e. The van der Waals surface area contributed by atoms with Crippen molar-refractivity contribution in [1.29, 1.82) is 0 Å². The Morgan fingerprint density at radius 3 is 2.43 bits per heavy atom. The summed E-state index contributed by atoms with van der Waals surface area (Å²) in [6, 6.07) is 9.69. The van der Waals surface area contributed by atoms with E-state index in [1.165, 1.54) is 0 Å². The van der Waals surface area contributed by atoms with Gasteiger partial charge in [0.2, 0.25) is 5.95 Å². The molecule has 0 fully saturated rings. The van der Waals surface area contributed by atoms with Crippen LogP contribution in [0.4, 0.5) is 21.6 Å². The Balaban J connectivity index is 1.84. The quantitative estimate of drug-likeness (QED) is 0.259. The van der Waals surface area contributed by atoms with Gasteiger partial charge >= 0.3 is 6.09 Å². The minimum Gasteiger partial charge on any atom is -0.441 e. The number of methoxy groups -OCH3 is 1. The van der Waals surface area contributed by atoms with Gasteiger partial charge in [-0.25, -0.2) is 19.7 Å². The number of ether oxygens (including phenoxy) is 2. The van der Waals surface area contributed by atoms with E-state index in [1.54, 1.807) is 24.6 Å². The van der Waals surface area contributed by atoms with Crippen LogP contribution >= 0.6 is 11.3 Å². The van der Waals surface area contributed by atoms with E-state index in [2.05, 4.69) is 36.4 Å². The second-order valence-electron chi connectivity index (χ2n) is 10.2. The fourth-order valence-electron chi connectivity index (χ4n) is 3.88. The first-order valence-electron chi connectivity index (χ1n) is 12.4. The van der Waals surface area contributed by atoms with Gasteiger partial charge in [0.15, 0.2) is 5.13 Å². The van der Waals surface area contributed by atoms with Gasteiger partial charge in [0.1, 0.15) is 6.10 Å². The molecule has 3 atom stereocenters. The number of hydrogen-bond acceptors (Lipinski definition) is 9. The summed E-state index contributed by atoms with van der Waals surface area (Å²) in [6.45, 7) is 13.0. The molecule has 200 valence electrons. The number of thiazole rings is 1. The van der Waals surface area contributed by atoms with Crippen LogP contribution in [0.25, 0.3) is 10.6 Å². The molecule has 0 bridgehead atoms. The number of nitrogens with one attached hydrogen (secondary N) is 2. The lowest BCUT2D eigenvalue weighted by atomic mass is 9.84. The van der Waals surface area contributed by atoms with Crippen molar-refractivity contribution < 1.29 is 14.3 Å². The molecule has 1 amide bonds. The van der Waals surface area contributed by atoms with E-state index in [1.807, 2.05) is 51.1 Å². The molecular formula is C27H38N6O3S. The number of aromatic nitrogens is 3. The zero-order chi connectivity index (χ0) is 27.2.